The topological polar surface area (TPSA) is 67.9 Å². The first-order chi connectivity index (χ1) is 13.2. The second kappa shape index (κ2) is 7.84. The Morgan fingerprint density at radius 2 is 1.96 bits per heavy atom. The zero-order chi connectivity index (χ0) is 18.6. The Labute approximate surface area is 161 Å². The molecule has 2 aliphatic rings. The highest BCUT2D eigenvalue weighted by atomic mass is 32.1. The number of thiophene rings is 1. The molecule has 1 aromatic carbocycles. The minimum atomic E-state index is -0.0965. The van der Waals surface area contributed by atoms with Gasteiger partial charge in [0.25, 0.3) is 0 Å². The molecular weight excluding hydrogens is 364 g/mol. The number of carbonyl (C=O) groups is 2. The number of anilines is 1. The predicted molar refractivity (Wildman–Crippen MR) is 104 cm³/mol. The van der Waals surface area contributed by atoms with Crippen LogP contribution in [0.2, 0.25) is 0 Å². The summed E-state index contributed by atoms with van der Waals surface area (Å²) in [4.78, 5) is 27.7. The number of amides is 2. The Morgan fingerprint density at radius 3 is 2.74 bits per heavy atom. The lowest BCUT2D eigenvalue weighted by Crippen LogP contribution is -2.40. The number of nitrogens with zero attached hydrogens (tertiary/aromatic N) is 1. The van der Waals surface area contributed by atoms with Crippen LogP contribution >= 0.6 is 11.3 Å². The molecule has 4 rings (SSSR count). The van der Waals surface area contributed by atoms with Gasteiger partial charge in [-0.15, -0.1) is 11.3 Å². The van der Waals surface area contributed by atoms with Gasteiger partial charge in [0.1, 0.15) is 0 Å². The number of hydrogen-bond donors (Lipinski definition) is 1. The molecule has 1 fully saturated rings. The molecule has 0 saturated carbocycles. The first kappa shape index (κ1) is 17.6. The molecule has 7 heteroatoms. The molecule has 1 N–H and O–H groups in total. The Morgan fingerprint density at radius 1 is 1.15 bits per heavy atom. The molecule has 0 radical (unpaired) electrons. The largest absolute Gasteiger partial charge is 0.454 e. The van der Waals surface area contributed by atoms with Gasteiger partial charge < -0.3 is 19.7 Å². The van der Waals surface area contributed by atoms with Crippen molar-refractivity contribution in [3.05, 3.63) is 46.7 Å². The summed E-state index contributed by atoms with van der Waals surface area (Å²) in [5.41, 5.74) is 0.696. The maximum Gasteiger partial charge on any atom is 0.246 e. The van der Waals surface area contributed by atoms with Crippen LogP contribution in [0.15, 0.2) is 41.8 Å². The first-order valence-electron chi connectivity index (χ1n) is 8.90. The number of rotatable bonds is 4. The van der Waals surface area contributed by atoms with Gasteiger partial charge in [0.15, 0.2) is 11.5 Å². The van der Waals surface area contributed by atoms with Crippen molar-refractivity contribution in [2.24, 2.45) is 5.92 Å². The molecule has 3 heterocycles. The lowest BCUT2D eigenvalue weighted by atomic mass is 9.95. The zero-order valence-electron chi connectivity index (χ0n) is 14.7. The van der Waals surface area contributed by atoms with Gasteiger partial charge in [-0.3, -0.25) is 9.59 Å². The molecule has 2 aliphatic heterocycles. The third kappa shape index (κ3) is 4.14. The summed E-state index contributed by atoms with van der Waals surface area (Å²) in [7, 11) is 0. The van der Waals surface area contributed by atoms with Gasteiger partial charge in [-0.05, 0) is 42.5 Å². The fraction of sp³-hybridized carbons (Fsp3) is 0.300. The van der Waals surface area contributed by atoms with Gasteiger partial charge in [0.2, 0.25) is 18.6 Å². The normalized spacial score (nSPS) is 16.7. The van der Waals surface area contributed by atoms with E-state index >= 15 is 0 Å². The van der Waals surface area contributed by atoms with E-state index in [0.717, 1.165) is 4.88 Å². The second-order valence-corrected chi connectivity index (χ2v) is 7.48. The van der Waals surface area contributed by atoms with Crippen LogP contribution in [0.25, 0.3) is 6.08 Å². The van der Waals surface area contributed by atoms with E-state index in [1.165, 1.54) is 0 Å². The van der Waals surface area contributed by atoms with E-state index in [-0.39, 0.29) is 24.5 Å². The van der Waals surface area contributed by atoms with E-state index in [1.54, 1.807) is 40.5 Å². The van der Waals surface area contributed by atoms with Crippen molar-refractivity contribution in [1.82, 2.24) is 4.90 Å². The Kier molecular flexibility index (Phi) is 5.11. The molecule has 1 aromatic heterocycles. The Bertz CT molecular complexity index is 855. The van der Waals surface area contributed by atoms with Crippen molar-refractivity contribution >= 4 is 34.9 Å². The molecular formula is C20H20N2O4S. The SMILES string of the molecule is O=C(Nc1ccc2c(c1)OCO2)C1CCN(C(=O)/C=C/c2cccs2)CC1. The summed E-state index contributed by atoms with van der Waals surface area (Å²) in [6, 6.07) is 9.30. The number of nitrogens with one attached hydrogen (secondary N) is 1. The average Bonchev–Trinajstić information content (AvgIpc) is 3.37. The van der Waals surface area contributed by atoms with Gasteiger partial charge in [-0.25, -0.2) is 0 Å². The van der Waals surface area contributed by atoms with Gasteiger partial charge in [0.05, 0.1) is 0 Å². The molecule has 0 spiro atoms. The van der Waals surface area contributed by atoms with Crippen LogP contribution < -0.4 is 14.8 Å². The van der Waals surface area contributed by atoms with Crippen molar-refractivity contribution < 1.29 is 19.1 Å². The van der Waals surface area contributed by atoms with Gasteiger partial charge in [0, 0.05) is 41.7 Å². The van der Waals surface area contributed by atoms with E-state index in [2.05, 4.69) is 5.32 Å². The highest BCUT2D eigenvalue weighted by Gasteiger charge is 2.27. The van der Waals surface area contributed by atoms with E-state index in [9.17, 15) is 9.59 Å². The minimum Gasteiger partial charge on any atom is -0.454 e. The van der Waals surface area contributed by atoms with Crippen molar-refractivity contribution in [2.45, 2.75) is 12.8 Å². The lowest BCUT2D eigenvalue weighted by Gasteiger charge is -2.30. The van der Waals surface area contributed by atoms with E-state index in [1.807, 2.05) is 23.6 Å². The lowest BCUT2D eigenvalue weighted by molar-refractivity contribution is -0.130. The maximum atomic E-state index is 12.5. The number of ether oxygens (including phenoxy) is 2. The quantitative estimate of drug-likeness (QED) is 0.821. The number of piperidine rings is 1. The van der Waals surface area contributed by atoms with Crippen LogP contribution in [-0.2, 0) is 9.59 Å². The number of carbonyl (C=O) groups excluding carboxylic acids is 2. The molecule has 1 saturated heterocycles. The fourth-order valence-corrected chi connectivity index (χ4v) is 3.84. The molecule has 0 bridgehead atoms. The van der Waals surface area contributed by atoms with Crippen LogP contribution in [0.5, 0.6) is 11.5 Å². The molecule has 2 aromatic rings. The molecule has 0 aliphatic carbocycles. The van der Waals surface area contributed by atoms with E-state index < -0.39 is 0 Å². The summed E-state index contributed by atoms with van der Waals surface area (Å²) in [6.45, 7) is 1.39. The summed E-state index contributed by atoms with van der Waals surface area (Å²) in [5, 5.41) is 4.92. The Hall–Kier alpha value is -2.80. The molecule has 0 atom stereocenters. The van der Waals surface area contributed by atoms with Gasteiger partial charge >= 0.3 is 0 Å². The summed E-state index contributed by atoms with van der Waals surface area (Å²) in [5.74, 6) is 1.22. The third-order valence-corrected chi connectivity index (χ3v) is 5.59. The molecule has 140 valence electrons. The van der Waals surface area contributed by atoms with Crippen LogP contribution in [0.1, 0.15) is 17.7 Å². The molecule has 6 nitrogen and oxygen atoms in total. The average molecular weight is 384 g/mol. The first-order valence-corrected chi connectivity index (χ1v) is 9.78. The van der Waals surface area contributed by atoms with Gasteiger partial charge in [-0.1, -0.05) is 6.07 Å². The number of fused-ring (bicyclic) bond motifs is 1. The van der Waals surface area contributed by atoms with E-state index in [0.29, 0.717) is 43.1 Å². The van der Waals surface area contributed by atoms with E-state index in [4.69, 9.17) is 9.47 Å². The second-order valence-electron chi connectivity index (χ2n) is 6.51. The fourth-order valence-electron chi connectivity index (χ4n) is 3.23. The number of likely N-dealkylation sites (tertiary alicyclic amines) is 1. The number of benzene rings is 1. The highest BCUT2D eigenvalue weighted by Crippen LogP contribution is 2.34. The number of hydrogen-bond acceptors (Lipinski definition) is 5. The molecule has 0 unspecified atom stereocenters. The van der Waals surface area contributed by atoms with Crippen LogP contribution in [0.3, 0.4) is 0 Å². The van der Waals surface area contributed by atoms with Gasteiger partial charge in [-0.2, -0.15) is 0 Å². The maximum absolute atomic E-state index is 12.5. The summed E-state index contributed by atoms with van der Waals surface area (Å²) < 4.78 is 10.6. The zero-order valence-corrected chi connectivity index (χ0v) is 15.5. The predicted octanol–water partition coefficient (Wildman–Crippen LogP) is 3.37. The Balaban J connectivity index is 1.28. The third-order valence-electron chi connectivity index (χ3n) is 4.75. The summed E-state index contributed by atoms with van der Waals surface area (Å²) >= 11 is 1.60. The molecule has 27 heavy (non-hydrogen) atoms. The monoisotopic (exact) mass is 384 g/mol. The van der Waals surface area contributed by atoms with Crippen LogP contribution in [0.4, 0.5) is 5.69 Å². The highest BCUT2D eigenvalue weighted by molar-refractivity contribution is 7.10. The van der Waals surface area contributed by atoms with Crippen molar-refractivity contribution in [3.63, 3.8) is 0 Å². The summed E-state index contributed by atoms with van der Waals surface area (Å²) in [6.07, 6.45) is 4.77. The van der Waals surface area contributed by atoms with Crippen molar-refractivity contribution in [1.29, 1.82) is 0 Å². The van der Waals surface area contributed by atoms with Crippen LogP contribution in [0, 0.1) is 5.92 Å². The smallest absolute Gasteiger partial charge is 0.246 e. The van der Waals surface area contributed by atoms with Crippen molar-refractivity contribution in [3.8, 4) is 11.5 Å². The van der Waals surface area contributed by atoms with Crippen LogP contribution in [-0.4, -0.2) is 36.6 Å². The molecule has 2 amide bonds. The minimum absolute atomic E-state index is 0.00182. The van der Waals surface area contributed by atoms with Crippen molar-refractivity contribution in [2.75, 3.05) is 25.2 Å². The standard InChI is InChI=1S/C20H20N2O4S/c23-19(6-4-16-2-1-11-27-16)22-9-7-14(8-10-22)20(24)21-15-3-5-17-18(12-15)26-13-25-17/h1-6,11-12,14H,7-10,13H2,(H,21,24)/b6-4+.